The quantitative estimate of drug-likeness (QED) is 0.494. The first-order chi connectivity index (χ1) is 16.5. The summed E-state index contributed by atoms with van der Waals surface area (Å²) in [5.74, 6) is -2.86. The van der Waals surface area contributed by atoms with Crippen LogP contribution >= 0.6 is 0 Å². The normalized spacial score (nSPS) is 16.8. The molecule has 3 aromatic rings. The lowest BCUT2D eigenvalue weighted by Gasteiger charge is -2.20. The first-order valence-electron chi connectivity index (χ1n) is 11.7. The van der Waals surface area contributed by atoms with Crippen LogP contribution in [0.3, 0.4) is 0 Å². The molecular formula is C27H30F2N4O2. The Morgan fingerprint density at radius 1 is 1.14 bits per heavy atom. The topological polar surface area (TPSA) is 80.4 Å². The molecule has 184 valence electrons. The molecule has 0 saturated carbocycles. The molecule has 1 saturated heterocycles. The number of nitrogens with two attached hydrogens (primary N) is 1. The maximum absolute atomic E-state index is 13.8. The molecule has 0 aliphatic carbocycles. The molecule has 2 heterocycles. The Kier molecular flexibility index (Phi) is 6.65. The number of hydrogen-bond acceptors (Lipinski definition) is 4. The van der Waals surface area contributed by atoms with Crippen LogP contribution in [0.25, 0.3) is 5.69 Å². The van der Waals surface area contributed by atoms with Crippen molar-refractivity contribution in [1.82, 2.24) is 9.88 Å². The molecule has 8 heteroatoms. The molecule has 1 fully saturated rings. The van der Waals surface area contributed by atoms with Crippen molar-refractivity contribution in [3.05, 3.63) is 87.8 Å². The van der Waals surface area contributed by atoms with Crippen molar-refractivity contribution >= 4 is 17.3 Å². The van der Waals surface area contributed by atoms with Crippen molar-refractivity contribution in [2.45, 2.75) is 39.2 Å². The van der Waals surface area contributed by atoms with Gasteiger partial charge in [0.1, 0.15) is 0 Å². The largest absolute Gasteiger partial charge is 0.399 e. The molecule has 1 aliphatic heterocycles. The van der Waals surface area contributed by atoms with Gasteiger partial charge in [0.2, 0.25) is 0 Å². The van der Waals surface area contributed by atoms with E-state index in [1.54, 1.807) is 13.0 Å². The summed E-state index contributed by atoms with van der Waals surface area (Å²) in [5, 5.41) is 2.81. The number of rotatable bonds is 6. The SMILES string of the molecule is CC1CCN(c2cccc(-n3cc(C(=O)N[C@H](C)c4cc(N)cc(C(C)(F)F)c4)ccc3=O)c2)C1. The third-order valence-electron chi connectivity index (χ3n) is 6.40. The molecule has 1 aromatic heterocycles. The highest BCUT2D eigenvalue weighted by Gasteiger charge is 2.26. The Morgan fingerprint density at radius 2 is 1.89 bits per heavy atom. The second-order valence-corrected chi connectivity index (χ2v) is 9.46. The van der Waals surface area contributed by atoms with Gasteiger partial charge in [-0.2, -0.15) is 0 Å². The van der Waals surface area contributed by atoms with Gasteiger partial charge in [-0.15, -0.1) is 0 Å². The van der Waals surface area contributed by atoms with Crippen molar-refractivity contribution in [1.29, 1.82) is 0 Å². The maximum atomic E-state index is 13.8. The summed E-state index contributed by atoms with van der Waals surface area (Å²) in [7, 11) is 0. The molecule has 2 atom stereocenters. The van der Waals surface area contributed by atoms with Gasteiger partial charge in [0.25, 0.3) is 17.4 Å². The number of nitrogens with one attached hydrogen (secondary N) is 1. The van der Waals surface area contributed by atoms with E-state index in [1.165, 1.54) is 35.0 Å². The van der Waals surface area contributed by atoms with Crippen LogP contribution in [-0.2, 0) is 5.92 Å². The predicted molar refractivity (Wildman–Crippen MR) is 134 cm³/mol. The fourth-order valence-corrected chi connectivity index (χ4v) is 4.38. The van der Waals surface area contributed by atoms with Crippen molar-refractivity contribution in [3.63, 3.8) is 0 Å². The van der Waals surface area contributed by atoms with Crippen molar-refractivity contribution in [2.75, 3.05) is 23.7 Å². The number of benzene rings is 2. The first kappa shape index (κ1) is 24.4. The number of nitrogen functional groups attached to an aromatic ring is 1. The van der Waals surface area contributed by atoms with E-state index in [4.69, 9.17) is 5.73 Å². The molecule has 0 bridgehead atoms. The molecule has 4 rings (SSSR count). The summed E-state index contributed by atoms with van der Waals surface area (Å²) in [4.78, 5) is 27.9. The van der Waals surface area contributed by atoms with Gasteiger partial charge >= 0.3 is 0 Å². The molecule has 35 heavy (non-hydrogen) atoms. The summed E-state index contributed by atoms with van der Waals surface area (Å²) in [6, 6.07) is 14.0. The number of pyridine rings is 1. The maximum Gasteiger partial charge on any atom is 0.270 e. The summed E-state index contributed by atoms with van der Waals surface area (Å²) in [6.45, 7) is 6.65. The Labute approximate surface area is 203 Å². The number of anilines is 2. The molecule has 1 amide bonds. The minimum absolute atomic E-state index is 0.195. The molecule has 0 spiro atoms. The highest BCUT2D eigenvalue weighted by atomic mass is 19.3. The van der Waals surface area contributed by atoms with Gasteiger partial charge in [0.05, 0.1) is 17.3 Å². The number of nitrogens with zero attached hydrogens (tertiary/aromatic N) is 2. The van der Waals surface area contributed by atoms with Crippen LogP contribution in [0.4, 0.5) is 20.2 Å². The van der Waals surface area contributed by atoms with Crippen molar-refractivity contribution in [3.8, 4) is 5.69 Å². The number of aromatic nitrogens is 1. The lowest BCUT2D eigenvalue weighted by molar-refractivity contribution is 0.0174. The van der Waals surface area contributed by atoms with Crippen LogP contribution in [0.15, 0.2) is 65.6 Å². The zero-order valence-electron chi connectivity index (χ0n) is 20.1. The van der Waals surface area contributed by atoms with E-state index >= 15 is 0 Å². The number of carbonyl (C=O) groups excluding carboxylic acids is 1. The Hall–Kier alpha value is -3.68. The molecule has 6 nitrogen and oxygen atoms in total. The fourth-order valence-electron chi connectivity index (χ4n) is 4.38. The lowest BCUT2D eigenvalue weighted by atomic mass is 10.0. The minimum atomic E-state index is -3.05. The zero-order chi connectivity index (χ0) is 25.3. The highest BCUT2D eigenvalue weighted by Crippen LogP contribution is 2.31. The molecule has 1 aliphatic rings. The highest BCUT2D eigenvalue weighted by molar-refractivity contribution is 5.94. The average molecular weight is 481 g/mol. The number of carbonyl (C=O) groups is 1. The van der Waals surface area contributed by atoms with E-state index in [9.17, 15) is 18.4 Å². The minimum Gasteiger partial charge on any atom is -0.399 e. The monoisotopic (exact) mass is 480 g/mol. The van der Waals surface area contributed by atoms with E-state index in [0.29, 0.717) is 17.2 Å². The fraction of sp³-hybridized carbons (Fsp3) is 0.333. The predicted octanol–water partition coefficient (Wildman–Crippen LogP) is 4.87. The van der Waals surface area contributed by atoms with E-state index < -0.39 is 17.9 Å². The lowest BCUT2D eigenvalue weighted by Crippen LogP contribution is -2.29. The van der Waals surface area contributed by atoms with E-state index in [2.05, 4.69) is 17.1 Å². The summed E-state index contributed by atoms with van der Waals surface area (Å²) in [5.41, 5.74) is 7.99. The molecule has 1 unspecified atom stereocenters. The van der Waals surface area contributed by atoms with Gasteiger partial charge in [-0.25, -0.2) is 8.78 Å². The second-order valence-electron chi connectivity index (χ2n) is 9.46. The molecular weight excluding hydrogens is 450 g/mol. The molecule has 2 aromatic carbocycles. The Morgan fingerprint density at radius 3 is 2.57 bits per heavy atom. The second kappa shape index (κ2) is 9.52. The van der Waals surface area contributed by atoms with Gasteiger partial charge in [0.15, 0.2) is 0 Å². The van der Waals surface area contributed by atoms with Gasteiger partial charge in [-0.1, -0.05) is 13.0 Å². The Bertz CT molecular complexity index is 1300. The number of hydrogen-bond donors (Lipinski definition) is 2. The summed E-state index contributed by atoms with van der Waals surface area (Å²) >= 11 is 0. The zero-order valence-corrected chi connectivity index (χ0v) is 20.1. The van der Waals surface area contributed by atoms with Crippen LogP contribution < -0.4 is 21.5 Å². The number of amides is 1. The summed E-state index contributed by atoms with van der Waals surface area (Å²) in [6.07, 6.45) is 2.63. The van der Waals surface area contributed by atoms with Gasteiger partial charge in [0, 0.05) is 49.2 Å². The van der Waals surface area contributed by atoms with Gasteiger partial charge < -0.3 is 16.0 Å². The smallest absolute Gasteiger partial charge is 0.270 e. The van der Waals surface area contributed by atoms with Crippen LogP contribution in [-0.4, -0.2) is 23.6 Å². The van der Waals surface area contributed by atoms with E-state index in [0.717, 1.165) is 32.1 Å². The third-order valence-corrected chi connectivity index (χ3v) is 6.40. The van der Waals surface area contributed by atoms with Crippen molar-refractivity contribution in [2.24, 2.45) is 5.92 Å². The van der Waals surface area contributed by atoms with Gasteiger partial charge in [-0.3, -0.25) is 14.2 Å². The van der Waals surface area contributed by atoms with Crippen LogP contribution in [0.5, 0.6) is 0 Å². The average Bonchev–Trinajstić information content (AvgIpc) is 3.24. The summed E-state index contributed by atoms with van der Waals surface area (Å²) < 4.78 is 29.1. The van der Waals surface area contributed by atoms with Crippen LogP contribution in [0.1, 0.15) is 54.7 Å². The third kappa shape index (κ3) is 5.53. The first-order valence-corrected chi connectivity index (χ1v) is 11.7. The van der Waals surface area contributed by atoms with E-state index in [1.807, 2.05) is 24.3 Å². The van der Waals surface area contributed by atoms with Crippen LogP contribution in [0.2, 0.25) is 0 Å². The van der Waals surface area contributed by atoms with Crippen molar-refractivity contribution < 1.29 is 13.6 Å². The number of halogens is 2. The Balaban J connectivity index is 1.57. The standard InChI is InChI=1S/C27H30F2N4O2/c1-17-9-10-32(15-17)23-5-4-6-24(14-23)33-16-19(7-8-25(33)34)26(35)31-18(2)20-11-21(27(3,28)29)13-22(30)12-20/h4-8,11-14,16-18H,9-10,15,30H2,1-3H3,(H,31,35)/t17?,18-/m1/s1. The molecule has 0 radical (unpaired) electrons. The number of alkyl halides is 2. The molecule has 3 N–H and O–H groups in total. The van der Waals surface area contributed by atoms with Gasteiger partial charge in [-0.05, 0) is 67.3 Å². The van der Waals surface area contributed by atoms with Crippen LogP contribution in [0, 0.1) is 5.92 Å². The van der Waals surface area contributed by atoms with E-state index in [-0.39, 0.29) is 22.4 Å².